The summed E-state index contributed by atoms with van der Waals surface area (Å²) in [7, 11) is 0. The third-order valence-electron chi connectivity index (χ3n) is 2.76. The van der Waals surface area contributed by atoms with Crippen molar-refractivity contribution >= 4 is 5.91 Å². The number of nitrogens with one attached hydrogen (secondary N) is 1. The minimum absolute atomic E-state index is 0.0744. The Hall–Kier alpha value is -2.00. The number of carbonyl (C=O) groups excluding carboxylic acids is 1. The van der Waals surface area contributed by atoms with Crippen LogP contribution in [0.4, 0.5) is 8.78 Å². The van der Waals surface area contributed by atoms with Crippen LogP contribution < -0.4 is 5.32 Å². The second kappa shape index (κ2) is 5.10. The molecule has 0 saturated carbocycles. The molecule has 0 spiro atoms. The molecule has 1 fully saturated rings. The molecule has 1 unspecified atom stereocenters. The first-order chi connectivity index (χ1) is 8.61. The van der Waals surface area contributed by atoms with Crippen LogP contribution in [0, 0.1) is 23.0 Å². The molecule has 94 valence electrons. The highest BCUT2D eigenvalue weighted by molar-refractivity contribution is 5.94. The normalized spacial score (nSPS) is 19.4. The number of nitriles is 1. The van der Waals surface area contributed by atoms with Gasteiger partial charge in [0.25, 0.3) is 5.91 Å². The summed E-state index contributed by atoms with van der Waals surface area (Å²) in [5.41, 5.74) is -0.0744. The molecule has 1 N–H and O–H groups in total. The quantitative estimate of drug-likeness (QED) is 0.807. The molecule has 0 aromatic heterocycles. The first-order valence-electron chi connectivity index (χ1n) is 5.49. The number of piperazine rings is 1. The molecule has 1 saturated heterocycles. The minimum Gasteiger partial charge on any atom is -0.320 e. The predicted octanol–water partition coefficient (Wildman–Crippen LogP) is 0.902. The summed E-state index contributed by atoms with van der Waals surface area (Å²) >= 11 is 0. The predicted molar refractivity (Wildman–Crippen MR) is 59.7 cm³/mol. The number of amides is 1. The number of carbonyl (C=O) groups is 1. The number of rotatable bonds is 1. The SMILES string of the molecule is N#CC1CNCCN1C(=O)c1cc(F)cc(F)c1. The maximum Gasteiger partial charge on any atom is 0.255 e. The van der Waals surface area contributed by atoms with Gasteiger partial charge in [0.05, 0.1) is 6.07 Å². The van der Waals surface area contributed by atoms with Gasteiger partial charge in [-0.05, 0) is 12.1 Å². The minimum atomic E-state index is -0.804. The second-order valence-corrected chi connectivity index (χ2v) is 4.01. The molecule has 6 heteroatoms. The van der Waals surface area contributed by atoms with Crippen LogP contribution in [0.5, 0.6) is 0 Å². The summed E-state index contributed by atoms with van der Waals surface area (Å²) in [4.78, 5) is 13.4. The first kappa shape index (κ1) is 12.5. The Balaban J connectivity index is 2.27. The molecule has 0 aliphatic carbocycles. The van der Waals surface area contributed by atoms with Crippen LogP contribution in [0.2, 0.25) is 0 Å². The van der Waals surface area contributed by atoms with Crippen molar-refractivity contribution in [3.63, 3.8) is 0 Å². The highest BCUT2D eigenvalue weighted by Gasteiger charge is 2.27. The fourth-order valence-electron chi connectivity index (χ4n) is 1.91. The zero-order valence-electron chi connectivity index (χ0n) is 9.49. The van der Waals surface area contributed by atoms with Gasteiger partial charge in [-0.25, -0.2) is 8.78 Å². The molecule has 1 atom stereocenters. The standard InChI is InChI=1S/C12H11F2N3O/c13-9-3-8(4-10(14)5-9)12(18)17-2-1-16-7-11(17)6-15/h3-5,11,16H,1-2,7H2. The van der Waals surface area contributed by atoms with Crippen LogP contribution in [-0.2, 0) is 0 Å². The molecule has 1 aliphatic rings. The van der Waals surface area contributed by atoms with Crippen LogP contribution in [0.25, 0.3) is 0 Å². The van der Waals surface area contributed by atoms with Crippen molar-refractivity contribution in [2.75, 3.05) is 19.6 Å². The van der Waals surface area contributed by atoms with Crippen LogP contribution in [0.3, 0.4) is 0 Å². The Morgan fingerprint density at radius 3 is 2.67 bits per heavy atom. The summed E-state index contributed by atoms with van der Waals surface area (Å²) < 4.78 is 26.1. The van der Waals surface area contributed by atoms with E-state index in [9.17, 15) is 13.6 Å². The molecule has 2 rings (SSSR count). The molecule has 1 amide bonds. The van der Waals surface area contributed by atoms with E-state index in [4.69, 9.17) is 5.26 Å². The number of nitrogens with zero attached hydrogens (tertiary/aromatic N) is 2. The maximum atomic E-state index is 13.0. The smallest absolute Gasteiger partial charge is 0.255 e. The Morgan fingerprint density at radius 1 is 1.39 bits per heavy atom. The zero-order valence-corrected chi connectivity index (χ0v) is 9.49. The van der Waals surface area contributed by atoms with E-state index >= 15 is 0 Å². The van der Waals surface area contributed by atoms with Crippen LogP contribution >= 0.6 is 0 Å². The topological polar surface area (TPSA) is 56.1 Å². The van der Waals surface area contributed by atoms with Gasteiger partial charge >= 0.3 is 0 Å². The van der Waals surface area contributed by atoms with Crippen LogP contribution in [0.15, 0.2) is 18.2 Å². The maximum absolute atomic E-state index is 13.0. The van der Waals surface area contributed by atoms with Gasteiger partial charge in [0.15, 0.2) is 0 Å². The molecule has 4 nitrogen and oxygen atoms in total. The van der Waals surface area contributed by atoms with Gasteiger partial charge in [0.1, 0.15) is 17.7 Å². The van der Waals surface area contributed by atoms with Crippen molar-refractivity contribution in [3.8, 4) is 6.07 Å². The Labute approximate surface area is 103 Å². The molecular weight excluding hydrogens is 240 g/mol. The van der Waals surface area contributed by atoms with Gasteiger partial charge in [0, 0.05) is 31.3 Å². The lowest BCUT2D eigenvalue weighted by atomic mass is 10.1. The third-order valence-corrected chi connectivity index (χ3v) is 2.76. The van der Waals surface area contributed by atoms with E-state index in [0.29, 0.717) is 25.7 Å². The Kier molecular flexibility index (Phi) is 3.53. The van der Waals surface area contributed by atoms with Crippen molar-refractivity contribution in [1.82, 2.24) is 10.2 Å². The van der Waals surface area contributed by atoms with Crippen molar-refractivity contribution in [3.05, 3.63) is 35.4 Å². The van der Waals surface area contributed by atoms with E-state index in [1.165, 1.54) is 4.90 Å². The molecule has 1 aromatic rings. The van der Waals surface area contributed by atoms with E-state index in [0.717, 1.165) is 12.1 Å². The van der Waals surface area contributed by atoms with Gasteiger partial charge in [-0.2, -0.15) is 5.26 Å². The van der Waals surface area contributed by atoms with Gasteiger partial charge in [-0.3, -0.25) is 4.79 Å². The number of hydrogen-bond donors (Lipinski definition) is 1. The lowest BCUT2D eigenvalue weighted by Crippen LogP contribution is -2.53. The zero-order chi connectivity index (χ0) is 13.1. The molecule has 0 radical (unpaired) electrons. The fourth-order valence-corrected chi connectivity index (χ4v) is 1.91. The molecule has 1 aromatic carbocycles. The van der Waals surface area contributed by atoms with E-state index in [-0.39, 0.29) is 5.56 Å². The summed E-state index contributed by atoms with van der Waals surface area (Å²) in [6, 6.07) is 4.03. The van der Waals surface area contributed by atoms with E-state index in [1.807, 2.05) is 6.07 Å². The molecule has 1 aliphatic heterocycles. The van der Waals surface area contributed by atoms with E-state index in [1.54, 1.807) is 0 Å². The van der Waals surface area contributed by atoms with Crippen LogP contribution in [0.1, 0.15) is 10.4 Å². The third kappa shape index (κ3) is 2.46. The van der Waals surface area contributed by atoms with Crippen molar-refractivity contribution in [2.45, 2.75) is 6.04 Å². The average Bonchev–Trinajstić information content (AvgIpc) is 2.36. The lowest BCUT2D eigenvalue weighted by Gasteiger charge is -2.32. The summed E-state index contributed by atoms with van der Waals surface area (Å²) in [6.45, 7) is 1.26. The Morgan fingerprint density at radius 2 is 2.06 bits per heavy atom. The summed E-state index contributed by atoms with van der Waals surface area (Å²) in [6.07, 6.45) is 0. The number of halogens is 2. The van der Waals surface area contributed by atoms with Gasteiger partial charge in [-0.1, -0.05) is 0 Å². The Bertz CT molecular complexity index is 492. The van der Waals surface area contributed by atoms with Crippen LogP contribution in [-0.4, -0.2) is 36.5 Å². The molecule has 1 heterocycles. The number of benzene rings is 1. The largest absolute Gasteiger partial charge is 0.320 e. The molecule has 0 bridgehead atoms. The van der Waals surface area contributed by atoms with Gasteiger partial charge in [0.2, 0.25) is 0 Å². The van der Waals surface area contributed by atoms with Crippen molar-refractivity contribution < 1.29 is 13.6 Å². The summed E-state index contributed by atoms with van der Waals surface area (Å²) in [5.74, 6) is -2.13. The monoisotopic (exact) mass is 251 g/mol. The van der Waals surface area contributed by atoms with Crippen molar-refractivity contribution in [2.24, 2.45) is 0 Å². The summed E-state index contributed by atoms with van der Waals surface area (Å²) in [5, 5.41) is 11.9. The second-order valence-electron chi connectivity index (χ2n) is 4.01. The van der Waals surface area contributed by atoms with E-state index in [2.05, 4.69) is 5.32 Å². The highest BCUT2D eigenvalue weighted by atomic mass is 19.1. The molecule has 18 heavy (non-hydrogen) atoms. The fraction of sp³-hybridized carbons (Fsp3) is 0.333. The van der Waals surface area contributed by atoms with Gasteiger partial charge < -0.3 is 10.2 Å². The highest BCUT2D eigenvalue weighted by Crippen LogP contribution is 2.13. The first-order valence-corrected chi connectivity index (χ1v) is 5.49. The number of hydrogen-bond acceptors (Lipinski definition) is 3. The van der Waals surface area contributed by atoms with Gasteiger partial charge in [-0.15, -0.1) is 0 Å². The average molecular weight is 251 g/mol. The van der Waals surface area contributed by atoms with E-state index < -0.39 is 23.6 Å². The van der Waals surface area contributed by atoms with Crippen molar-refractivity contribution in [1.29, 1.82) is 5.26 Å². The lowest BCUT2D eigenvalue weighted by molar-refractivity contribution is 0.0686. The molecular formula is C12H11F2N3O.